The van der Waals surface area contributed by atoms with Crippen LogP contribution in [0.3, 0.4) is 0 Å². The molecule has 1 aromatic carbocycles. The van der Waals surface area contributed by atoms with Crippen molar-refractivity contribution >= 4 is 5.82 Å². The lowest BCUT2D eigenvalue weighted by Gasteiger charge is -2.10. The first-order chi connectivity index (χ1) is 9.51. The van der Waals surface area contributed by atoms with Gasteiger partial charge >= 0.3 is 6.61 Å². The van der Waals surface area contributed by atoms with Crippen molar-refractivity contribution in [2.75, 3.05) is 5.43 Å². The van der Waals surface area contributed by atoms with E-state index in [4.69, 9.17) is 5.84 Å². The SMILES string of the molecule is Cc1nc(-c2ccc(OC(F)F)cc2)nc(NN)c1C. The van der Waals surface area contributed by atoms with E-state index < -0.39 is 6.61 Å². The standard InChI is InChI=1S/C13H14F2N4O/c1-7-8(2)17-12(18-11(7)19-16)9-3-5-10(6-4-9)20-13(14)15/h3-6,13H,16H2,1-2H3,(H,17,18,19). The second kappa shape index (κ2) is 5.79. The highest BCUT2D eigenvalue weighted by Crippen LogP contribution is 2.23. The molecule has 0 saturated carbocycles. The summed E-state index contributed by atoms with van der Waals surface area (Å²) in [7, 11) is 0. The molecule has 1 aromatic heterocycles. The number of nitrogens with one attached hydrogen (secondary N) is 1. The van der Waals surface area contributed by atoms with Gasteiger partial charge in [0.25, 0.3) is 0 Å². The summed E-state index contributed by atoms with van der Waals surface area (Å²) in [5.41, 5.74) is 4.84. The van der Waals surface area contributed by atoms with Gasteiger partial charge < -0.3 is 10.2 Å². The summed E-state index contributed by atoms with van der Waals surface area (Å²) in [5, 5.41) is 0. The molecule has 0 atom stereocenters. The summed E-state index contributed by atoms with van der Waals surface area (Å²) in [6.45, 7) is 0.857. The number of nitrogens with two attached hydrogens (primary N) is 1. The van der Waals surface area contributed by atoms with Crippen molar-refractivity contribution in [3.63, 3.8) is 0 Å². The summed E-state index contributed by atoms with van der Waals surface area (Å²) >= 11 is 0. The van der Waals surface area contributed by atoms with Crippen molar-refractivity contribution in [2.45, 2.75) is 20.5 Å². The van der Waals surface area contributed by atoms with E-state index in [9.17, 15) is 8.78 Å². The Kier molecular flexibility index (Phi) is 4.09. The van der Waals surface area contributed by atoms with Crippen LogP contribution < -0.4 is 16.0 Å². The average molecular weight is 280 g/mol. The van der Waals surface area contributed by atoms with Crippen molar-refractivity contribution in [1.29, 1.82) is 0 Å². The maximum absolute atomic E-state index is 12.1. The maximum atomic E-state index is 12.1. The monoisotopic (exact) mass is 280 g/mol. The van der Waals surface area contributed by atoms with Crippen LogP contribution in [0.1, 0.15) is 11.3 Å². The Labute approximate surface area is 114 Å². The minimum Gasteiger partial charge on any atom is -0.435 e. The summed E-state index contributed by atoms with van der Waals surface area (Å²) in [4.78, 5) is 8.62. The first-order valence-electron chi connectivity index (χ1n) is 5.88. The van der Waals surface area contributed by atoms with Gasteiger partial charge in [-0.15, -0.1) is 0 Å². The van der Waals surface area contributed by atoms with Gasteiger partial charge in [-0.1, -0.05) is 0 Å². The van der Waals surface area contributed by atoms with E-state index in [1.165, 1.54) is 12.1 Å². The number of anilines is 1. The van der Waals surface area contributed by atoms with Crippen LogP contribution in [0.25, 0.3) is 11.4 Å². The Morgan fingerprint density at radius 2 is 1.80 bits per heavy atom. The van der Waals surface area contributed by atoms with Crippen molar-refractivity contribution in [3.05, 3.63) is 35.5 Å². The van der Waals surface area contributed by atoms with E-state index in [0.717, 1.165) is 11.3 Å². The molecular weight excluding hydrogens is 266 g/mol. The Morgan fingerprint density at radius 1 is 1.15 bits per heavy atom. The molecule has 2 rings (SSSR count). The number of rotatable bonds is 4. The van der Waals surface area contributed by atoms with E-state index in [1.807, 2.05) is 13.8 Å². The Balaban J connectivity index is 2.34. The fourth-order valence-corrected chi connectivity index (χ4v) is 1.68. The number of aryl methyl sites for hydroxylation is 1. The second-order valence-electron chi connectivity index (χ2n) is 4.15. The molecule has 0 bridgehead atoms. The average Bonchev–Trinajstić information content (AvgIpc) is 2.42. The van der Waals surface area contributed by atoms with E-state index in [1.54, 1.807) is 12.1 Å². The molecule has 20 heavy (non-hydrogen) atoms. The fourth-order valence-electron chi connectivity index (χ4n) is 1.68. The van der Waals surface area contributed by atoms with Gasteiger partial charge in [0.15, 0.2) is 5.82 Å². The van der Waals surface area contributed by atoms with E-state index in [0.29, 0.717) is 17.2 Å². The molecule has 0 aliphatic carbocycles. The minimum atomic E-state index is -2.84. The number of nitrogens with zero attached hydrogens (tertiary/aromatic N) is 2. The van der Waals surface area contributed by atoms with Crippen LogP contribution in [0.15, 0.2) is 24.3 Å². The van der Waals surface area contributed by atoms with Crippen molar-refractivity contribution < 1.29 is 13.5 Å². The van der Waals surface area contributed by atoms with Crippen LogP contribution in [-0.2, 0) is 0 Å². The fraction of sp³-hybridized carbons (Fsp3) is 0.231. The summed E-state index contributed by atoms with van der Waals surface area (Å²) < 4.78 is 28.4. The number of aromatic nitrogens is 2. The van der Waals surface area contributed by atoms with Crippen LogP contribution in [0.4, 0.5) is 14.6 Å². The first kappa shape index (κ1) is 14.1. The Hall–Kier alpha value is -2.28. The third-order valence-electron chi connectivity index (χ3n) is 2.86. The Bertz CT molecular complexity index is 602. The third-order valence-corrected chi connectivity index (χ3v) is 2.86. The van der Waals surface area contributed by atoms with Crippen LogP contribution in [0.2, 0.25) is 0 Å². The largest absolute Gasteiger partial charge is 0.435 e. The van der Waals surface area contributed by atoms with Crippen LogP contribution in [0, 0.1) is 13.8 Å². The zero-order valence-corrected chi connectivity index (χ0v) is 11.0. The van der Waals surface area contributed by atoms with E-state index in [-0.39, 0.29) is 5.75 Å². The lowest BCUT2D eigenvalue weighted by atomic mass is 10.2. The zero-order valence-electron chi connectivity index (χ0n) is 11.0. The molecule has 2 aromatic rings. The highest BCUT2D eigenvalue weighted by atomic mass is 19.3. The maximum Gasteiger partial charge on any atom is 0.387 e. The zero-order chi connectivity index (χ0) is 14.7. The molecule has 0 saturated heterocycles. The molecule has 106 valence electrons. The van der Waals surface area contributed by atoms with Crippen molar-refractivity contribution in [3.8, 4) is 17.1 Å². The second-order valence-corrected chi connectivity index (χ2v) is 4.15. The first-order valence-corrected chi connectivity index (χ1v) is 5.88. The van der Waals surface area contributed by atoms with Gasteiger partial charge in [-0.25, -0.2) is 15.8 Å². The van der Waals surface area contributed by atoms with Gasteiger partial charge in [0.1, 0.15) is 11.6 Å². The highest BCUT2D eigenvalue weighted by molar-refractivity contribution is 5.60. The minimum absolute atomic E-state index is 0.0877. The lowest BCUT2D eigenvalue weighted by molar-refractivity contribution is -0.0498. The third kappa shape index (κ3) is 3.00. The molecule has 0 spiro atoms. The molecule has 0 aliphatic rings. The van der Waals surface area contributed by atoms with Gasteiger partial charge in [0, 0.05) is 16.8 Å². The topological polar surface area (TPSA) is 73.1 Å². The molecule has 0 amide bonds. The predicted molar refractivity (Wildman–Crippen MR) is 71.4 cm³/mol. The normalized spacial score (nSPS) is 10.7. The lowest BCUT2D eigenvalue weighted by Crippen LogP contribution is -2.12. The smallest absolute Gasteiger partial charge is 0.387 e. The number of ether oxygens (including phenoxy) is 1. The highest BCUT2D eigenvalue weighted by Gasteiger charge is 2.10. The van der Waals surface area contributed by atoms with Crippen LogP contribution in [-0.4, -0.2) is 16.6 Å². The number of nitrogen functional groups attached to an aromatic ring is 1. The van der Waals surface area contributed by atoms with Crippen LogP contribution >= 0.6 is 0 Å². The quantitative estimate of drug-likeness (QED) is 0.665. The number of hydrogen-bond acceptors (Lipinski definition) is 5. The molecule has 0 radical (unpaired) electrons. The van der Waals surface area contributed by atoms with E-state index >= 15 is 0 Å². The number of benzene rings is 1. The van der Waals surface area contributed by atoms with Gasteiger partial charge in [0.05, 0.1) is 0 Å². The summed E-state index contributed by atoms with van der Waals surface area (Å²) in [6.07, 6.45) is 0. The van der Waals surface area contributed by atoms with Crippen molar-refractivity contribution in [2.24, 2.45) is 5.84 Å². The summed E-state index contributed by atoms with van der Waals surface area (Å²) in [6, 6.07) is 6.11. The molecule has 5 nitrogen and oxygen atoms in total. The van der Waals surface area contributed by atoms with E-state index in [2.05, 4.69) is 20.1 Å². The van der Waals surface area contributed by atoms with Crippen LogP contribution in [0.5, 0.6) is 5.75 Å². The number of alkyl halides is 2. The molecule has 7 heteroatoms. The number of halogens is 2. The molecule has 3 N–H and O–H groups in total. The van der Waals surface area contributed by atoms with Gasteiger partial charge in [-0.05, 0) is 38.1 Å². The Morgan fingerprint density at radius 3 is 2.35 bits per heavy atom. The number of hydrazine groups is 1. The van der Waals surface area contributed by atoms with Crippen molar-refractivity contribution in [1.82, 2.24) is 9.97 Å². The predicted octanol–water partition coefficient (Wildman–Crippen LogP) is 2.65. The molecule has 0 aliphatic heterocycles. The summed E-state index contributed by atoms with van der Waals surface area (Å²) in [5.74, 6) is 6.48. The molecule has 1 heterocycles. The molecule has 0 fully saturated rings. The molecule has 0 unspecified atom stereocenters. The van der Waals surface area contributed by atoms with Gasteiger partial charge in [-0.3, -0.25) is 0 Å². The van der Waals surface area contributed by atoms with Gasteiger partial charge in [-0.2, -0.15) is 8.78 Å². The number of hydrogen-bond donors (Lipinski definition) is 2. The van der Waals surface area contributed by atoms with Gasteiger partial charge in [0.2, 0.25) is 0 Å². The molecular formula is C13H14F2N4O.